The first-order chi connectivity index (χ1) is 16.2. The fraction of sp³-hybridized carbons (Fsp3) is 0.111. The molecule has 1 amide bonds. The Kier molecular flexibility index (Phi) is 7.37. The lowest BCUT2D eigenvalue weighted by Gasteiger charge is -2.10. The summed E-state index contributed by atoms with van der Waals surface area (Å²) in [6, 6.07) is 27.7. The van der Waals surface area contributed by atoms with Gasteiger partial charge in [-0.25, -0.2) is 5.43 Å². The highest BCUT2D eigenvalue weighted by Crippen LogP contribution is 2.31. The van der Waals surface area contributed by atoms with E-state index in [0.717, 1.165) is 31.9 Å². The minimum absolute atomic E-state index is 0.158. The fourth-order valence-electron chi connectivity index (χ4n) is 3.46. The second-order valence-corrected chi connectivity index (χ2v) is 8.08. The van der Waals surface area contributed by atoms with Gasteiger partial charge in [0.15, 0.2) is 6.61 Å². The average molecular weight is 503 g/mol. The lowest BCUT2D eigenvalue weighted by atomic mass is 10.0. The van der Waals surface area contributed by atoms with Gasteiger partial charge in [0.1, 0.15) is 11.5 Å². The van der Waals surface area contributed by atoms with Crippen LogP contribution in [0.25, 0.3) is 21.9 Å². The fourth-order valence-corrected chi connectivity index (χ4v) is 3.96. The molecule has 1 N–H and O–H groups in total. The normalized spacial score (nSPS) is 11.0. The Hall–Kier alpha value is -3.64. The lowest BCUT2D eigenvalue weighted by molar-refractivity contribution is -0.123. The topological polar surface area (TPSA) is 59.9 Å². The van der Waals surface area contributed by atoms with E-state index >= 15 is 0 Å². The monoisotopic (exact) mass is 502 g/mol. The van der Waals surface area contributed by atoms with Crippen LogP contribution in [-0.2, 0) is 4.79 Å². The zero-order valence-electron chi connectivity index (χ0n) is 18.1. The maximum absolute atomic E-state index is 12.3. The minimum Gasteiger partial charge on any atom is -0.493 e. The second-order valence-electron chi connectivity index (χ2n) is 7.22. The van der Waals surface area contributed by atoms with Crippen molar-refractivity contribution in [3.05, 3.63) is 95.0 Å². The van der Waals surface area contributed by atoms with Crippen LogP contribution in [-0.4, -0.2) is 25.3 Å². The molecule has 0 heterocycles. The van der Waals surface area contributed by atoms with Crippen LogP contribution < -0.4 is 14.9 Å². The highest BCUT2D eigenvalue weighted by atomic mass is 79.9. The van der Waals surface area contributed by atoms with Gasteiger partial charge in [-0.3, -0.25) is 4.79 Å². The van der Waals surface area contributed by atoms with E-state index in [1.807, 2.05) is 91.9 Å². The van der Waals surface area contributed by atoms with E-state index in [-0.39, 0.29) is 12.5 Å². The largest absolute Gasteiger partial charge is 0.493 e. The van der Waals surface area contributed by atoms with Gasteiger partial charge in [-0.1, -0.05) is 66.7 Å². The Morgan fingerprint density at radius 2 is 1.67 bits per heavy atom. The van der Waals surface area contributed by atoms with Gasteiger partial charge in [-0.2, -0.15) is 5.10 Å². The highest BCUT2D eigenvalue weighted by Gasteiger charge is 2.09. The number of fused-ring (bicyclic) bond motifs is 1. The van der Waals surface area contributed by atoms with Crippen molar-refractivity contribution in [2.24, 2.45) is 5.10 Å². The Labute approximate surface area is 201 Å². The maximum Gasteiger partial charge on any atom is 0.277 e. The van der Waals surface area contributed by atoms with Gasteiger partial charge < -0.3 is 9.47 Å². The molecule has 0 aliphatic rings. The van der Waals surface area contributed by atoms with Crippen molar-refractivity contribution < 1.29 is 14.3 Å². The third-order valence-corrected chi connectivity index (χ3v) is 5.63. The number of ether oxygens (including phenoxy) is 2. The van der Waals surface area contributed by atoms with Crippen molar-refractivity contribution in [1.29, 1.82) is 0 Å². The van der Waals surface area contributed by atoms with Crippen molar-refractivity contribution in [1.82, 2.24) is 5.43 Å². The molecule has 166 valence electrons. The molecule has 5 nitrogen and oxygen atoms in total. The summed E-state index contributed by atoms with van der Waals surface area (Å²) in [5, 5.41) is 6.20. The molecular formula is C27H23BrN2O3. The van der Waals surface area contributed by atoms with Gasteiger partial charge in [-0.05, 0) is 63.0 Å². The van der Waals surface area contributed by atoms with Crippen LogP contribution in [0.2, 0.25) is 0 Å². The molecule has 0 aliphatic carbocycles. The predicted molar refractivity (Wildman–Crippen MR) is 136 cm³/mol. The number of carbonyl (C=O) groups is 1. The van der Waals surface area contributed by atoms with E-state index in [1.165, 1.54) is 0 Å². The molecule has 4 aromatic rings. The van der Waals surface area contributed by atoms with Crippen LogP contribution in [0.15, 0.2) is 94.5 Å². The molecule has 0 bridgehead atoms. The van der Waals surface area contributed by atoms with Gasteiger partial charge in [0.25, 0.3) is 5.91 Å². The summed E-state index contributed by atoms with van der Waals surface area (Å²) in [6.07, 6.45) is 1.61. The summed E-state index contributed by atoms with van der Waals surface area (Å²) < 4.78 is 12.2. The minimum atomic E-state index is -0.358. The predicted octanol–water partition coefficient (Wildman–Crippen LogP) is 6.20. The number of rotatable bonds is 8. The number of benzene rings is 4. The number of nitrogens with one attached hydrogen (secondary N) is 1. The molecule has 0 radical (unpaired) electrons. The number of hydrogen-bond donors (Lipinski definition) is 1. The molecule has 0 saturated heterocycles. The Morgan fingerprint density at radius 3 is 2.45 bits per heavy atom. The van der Waals surface area contributed by atoms with E-state index in [9.17, 15) is 4.79 Å². The molecule has 0 fully saturated rings. The third-order valence-electron chi connectivity index (χ3n) is 5.01. The highest BCUT2D eigenvalue weighted by molar-refractivity contribution is 9.10. The molecule has 0 saturated carbocycles. The van der Waals surface area contributed by atoms with Gasteiger partial charge in [0.05, 0.1) is 17.3 Å². The quantitative estimate of drug-likeness (QED) is 0.230. The lowest BCUT2D eigenvalue weighted by Crippen LogP contribution is -2.24. The summed E-state index contributed by atoms with van der Waals surface area (Å²) in [5.74, 6) is 0.942. The molecule has 0 atom stereocenters. The zero-order chi connectivity index (χ0) is 23.0. The van der Waals surface area contributed by atoms with E-state index in [2.05, 4.69) is 26.5 Å². The van der Waals surface area contributed by atoms with E-state index in [0.29, 0.717) is 18.1 Å². The number of nitrogens with zero attached hydrogens (tertiary/aromatic N) is 1. The summed E-state index contributed by atoms with van der Waals surface area (Å²) in [6.45, 7) is 2.31. The maximum atomic E-state index is 12.3. The van der Waals surface area contributed by atoms with Gasteiger partial charge in [0, 0.05) is 5.56 Å². The summed E-state index contributed by atoms with van der Waals surface area (Å²) in [7, 11) is 0. The molecule has 4 aromatic carbocycles. The van der Waals surface area contributed by atoms with Crippen molar-refractivity contribution in [2.45, 2.75) is 6.92 Å². The van der Waals surface area contributed by atoms with Crippen molar-refractivity contribution in [3.8, 4) is 22.6 Å². The summed E-state index contributed by atoms with van der Waals surface area (Å²) in [4.78, 5) is 12.3. The smallest absolute Gasteiger partial charge is 0.277 e. The first-order valence-corrected chi connectivity index (χ1v) is 11.4. The van der Waals surface area contributed by atoms with E-state index < -0.39 is 0 Å². The van der Waals surface area contributed by atoms with Crippen molar-refractivity contribution in [3.63, 3.8) is 0 Å². The van der Waals surface area contributed by atoms with Crippen LogP contribution in [0.4, 0.5) is 0 Å². The van der Waals surface area contributed by atoms with E-state index in [4.69, 9.17) is 9.47 Å². The van der Waals surface area contributed by atoms with Crippen LogP contribution in [0.1, 0.15) is 12.5 Å². The number of amides is 1. The Bertz CT molecular complexity index is 1290. The van der Waals surface area contributed by atoms with Gasteiger partial charge >= 0.3 is 0 Å². The standard InChI is InChI=1S/C27H23BrN2O3/c1-2-32-25-14-12-20-10-6-7-11-22(20)23(25)17-29-30-27(31)18-33-26-15-13-21(16-24(26)28)19-8-4-3-5-9-19/h3-17H,2,18H2,1H3,(H,30,31)/b29-17+. The average Bonchev–Trinajstić information content (AvgIpc) is 2.85. The molecule has 33 heavy (non-hydrogen) atoms. The Balaban J connectivity index is 1.40. The third kappa shape index (κ3) is 5.59. The van der Waals surface area contributed by atoms with Crippen LogP contribution in [0.5, 0.6) is 11.5 Å². The SMILES string of the molecule is CCOc1ccc2ccccc2c1/C=N/NC(=O)COc1ccc(-c2ccccc2)cc1Br. The first kappa shape index (κ1) is 22.6. The van der Waals surface area contributed by atoms with Gasteiger partial charge in [-0.15, -0.1) is 0 Å². The van der Waals surface area contributed by atoms with Crippen LogP contribution >= 0.6 is 15.9 Å². The van der Waals surface area contributed by atoms with Crippen molar-refractivity contribution in [2.75, 3.05) is 13.2 Å². The van der Waals surface area contributed by atoms with E-state index in [1.54, 1.807) is 6.21 Å². The molecule has 0 unspecified atom stereocenters. The summed E-state index contributed by atoms with van der Waals surface area (Å²) >= 11 is 3.52. The second kappa shape index (κ2) is 10.8. The Morgan fingerprint density at radius 1 is 0.909 bits per heavy atom. The molecule has 0 aromatic heterocycles. The number of hydrazone groups is 1. The zero-order valence-corrected chi connectivity index (χ0v) is 19.7. The van der Waals surface area contributed by atoms with Crippen molar-refractivity contribution >= 4 is 38.8 Å². The number of carbonyl (C=O) groups excluding carboxylic acids is 1. The number of hydrogen-bond acceptors (Lipinski definition) is 4. The summed E-state index contributed by atoms with van der Waals surface area (Å²) in [5.41, 5.74) is 5.51. The van der Waals surface area contributed by atoms with Gasteiger partial charge in [0.2, 0.25) is 0 Å². The molecule has 0 spiro atoms. The molecular weight excluding hydrogens is 480 g/mol. The molecule has 0 aliphatic heterocycles. The van der Waals surface area contributed by atoms with Crippen LogP contribution in [0.3, 0.4) is 0 Å². The number of halogens is 1. The molecule has 4 rings (SSSR count). The van der Waals surface area contributed by atoms with Crippen LogP contribution in [0, 0.1) is 0 Å². The first-order valence-electron chi connectivity index (χ1n) is 10.6. The molecule has 6 heteroatoms.